The van der Waals surface area contributed by atoms with Crippen molar-refractivity contribution in [2.24, 2.45) is 0 Å². The van der Waals surface area contributed by atoms with Gasteiger partial charge >= 0.3 is 0 Å². The van der Waals surface area contributed by atoms with Crippen molar-refractivity contribution in [2.75, 3.05) is 26.2 Å². The van der Waals surface area contributed by atoms with Gasteiger partial charge in [-0.15, -0.1) is 0 Å². The second-order valence-electron chi connectivity index (χ2n) is 7.51. The summed E-state index contributed by atoms with van der Waals surface area (Å²) in [5, 5.41) is 7.48. The predicted molar refractivity (Wildman–Crippen MR) is 111 cm³/mol. The topological polar surface area (TPSA) is 59.4 Å². The highest BCUT2D eigenvalue weighted by Gasteiger charge is 2.23. The maximum Gasteiger partial charge on any atom is 0.241 e. The molecule has 0 unspecified atom stereocenters. The summed E-state index contributed by atoms with van der Waals surface area (Å²) in [6.45, 7) is 11.2. The van der Waals surface area contributed by atoms with Crippen LogP contribution < -0.4 is 10.1 Å². The molecule has 6 nitrogen and oxygen atoms in total. The number of hydrogen-bond acceptors (Lipinski definition) is 4. The lowest BCUT2D eigenvalue weighted by molar-refractivity contribution is -0.121. The molecule has 1 aliphatic heterocycles. The number of hydrogen-bond donors (Lipinski definition) is 1. The molecule has 1 aromatic carbocycles. The third kappa shape index (κ3) is 4.93. The first kappa shape index (κ1) is 20.4. The van der Waals surface area contributed by atoms with E-state index in [1.54, 1.807) is 10.9 Å². The van der Waals surface area contributed by atoms with Crippen LogP contribution in [0.15, 0.2) is 24.4 Å². The molecule has 1 N–H and O–H groups in total. The van der Waals surface area contributed by atoms with E-state index in [2.05, 4.69) is 42.2 Å². The molecule has 1 amide bonds. The molecule has 0 radical (unpaired) electrons. The van der Waals surface area contributed by atoms with Crippen LogP contribution in [0.25, 0.3) is 11.3 Å². The summed E-state index contributed by atoms with van der Waals surface area (Å²) < 4.78 is 7.60. The Kier molecular flexibility index (Phi) is 7.09. The summed E-state index contributed by atoms with van der Waals surface area (Å²) >= 11 is 0. The van der Waals surface area contributed by atoms with E-state index in [4.69, 9.17) is 4.74 Å². The lowest BCUT2D eigenvalue weighted by Gasteiger charge is -2.21. The van der Waals surface area contributed by atoms with Crippen LogP contribution in [-0.2, 0) is 17.9 Å². The number of ether oxygens (including phenoxy) is 1. The number of rotatable bonds is 10. The molecule has 28 heavy (non-hydrogen) atoms. The van der Waals surface area contributed by atoms with Crippen LogP contribution in [0, 0.1) is 6.92 Å². The van der Waals surface area contributed by atoms with Crippen LogP contribution in [0.1, 0.15) is 44.2 Å². The molecular weight excluding hydrogens is 352 g/mol. The summed E-state index contributed by atoms with van der Waals surface area (Å²) in [7, 11) is 0. The van der Waals surface area contributed by atoms with Gasteiger partial charge in [0.25, 0.3) is 0 Å². The molecule has 0 atom stereocenters. The Hall–Kier alpha value is -2.34. The second-order valence-corrected chi connectivity index (χ2v) is 7.51. The normalized spacial score (nSPS) is 12.4. The van der Waals surface area contributed by atoms with Crippen LogP contribution in [0.4, 0.5) is 0 Å². The first-order chi connectivity index (χ1) is 13.6. The van der Waals surface area contributed by atoms with E-state index in [1.807, 2.05) is 12.1 Å². The molecule has 0 saturated carbocycles. The van der Waals surface area contributed by atoms with Crippen molar-refractivity contribution in [2.45, 2.75) is 53.2 Å². The van der Waals surface area contributed by atoms with Crippen molar-refractivity contribution in [1.82, 2.24) is 20.0 Å². The average Bonchev–Trinajstić information content (AvgIpc) is 3.08. The average molecular weight is 385 g/mol. The monoisotopic (exact) mass is 384 g/mol. The molecule has 0 aliphatic carbocycles. The van der Waals surface area contributed by atoms with E-state index in [9.17, 15) is 4.79 Å². The highest BCUT2D eigenvalue weighted by Crippen LogP contribution is 2.37. The van der Waals surface area contributed by atoms with E-state index in [0.29, 0.717) is 13.2 Å². The van der Waals surface area contributed by atoms with E-state index in [1.165, 1.54) is 12.8 Å². The lowest BCUT2D eigenvalue weighted by atomic mass is 10.0. The molecule has 0 bridgehead atoms. The largest absolute Gasteiger partial charge is 0.488 e. The van der Waals surface area contributed by atoms with Crippen molar-refractivity contribution >= 4 is 5.91 Å². The van der Waals surface area contributed by atoms with Gasteiger partial charge in [-0.3, -0.25) is 9.48 Å². The Labute approximate surface area is 167 Å². The maximum atomic E-state index is 12.5. The Morgan fingerprint density at radius 2 is 2.04 bits per heavy atom. The summed E-state index contributed by atoms with van der Waals surface area (Å²) in [5.74, 6) is 0.858. The van der Waals surface area contributed by atoms with Gasteiger partial charge in [-0.2, -0.15) is 5.10 Å². The van der Waals surface area contributed by atoms with Gasteiger partial charge in [-0.25, -0.2) is 0 Å². The molecule has 152 valence electrons. The van der Waals surface area contributed by atoms with Gasteiger partial charge in [-0.1, -0.05) is 25.5 Å². The first-order valence-corrected chi connectivity index (χ1v) is 10.4. The van der Waals surface area contributed by atoms with Crippen molar-refractivity contribution in [1.29, 1.82) is 0 Å². The minimum Gasteiger partial charge on any atom is -0.488 e. The smallest absolute Gasteiger partial charge is 0.241 e. The van der Waals surface area contributed by atoms with Gasteiger partial charge in [0.2, 0.25) is 5.91 Å². The number of aryl methyl sites for hydroxylation is 1. The fraction of sp³-hybridized carbons (Fsp3) is 0.545. The number of benzene rings is 1. The fourth-order valence-electron chi connectivity index (χ4n) is 3.76. The highest BCUT2D eigenvalue weighted by atomic mass is 16.5. The molecular formula is C22H32N4O2. The van der Waals surface area contributed by atoms with Crippen molar-refractivity contribution in [3.05, 3.63) is 35.5 Å². The van der Waals surface area contributed by atoms with Crippen LogP contribution >= 0.6 is 0 Å². The number of nitrogens with zero attached hydrogens (tertiary/aromatic N) is 3. The van der Waals surface area contributed by atoms with Crippen LogP contribution in [0.5, 0.6) is 5.75 Å². The number of nitrogens with one attached hydrogen (secondary N) is 1. The summed E-state index contributed by atoms with van der Waals surface area (Å²) in [5.41, 5.74) is 4.20. The van der Waals surface area contributed by atoms with Crippen molar-refractivity contribution in [3.63, 3.8) is 0 Å². The number of carbonyl (C=O) groups is 1. The van der Waals surface area contributed by atoms with E-state index in [0.717, 1.165) is 54.2 Å². The van der Waals surface area contributed by atoms with E-state index < -0.39 is 0 Å². The number of amides is 1. The zero-order valence-corrected chi connectivity index (χ0v) is 17.3. The zero-order valence-electron chi connectivity index (χ0n) is 17.3. The van der Waals surface area contributed by atoms with Crippen molar-refractivity contribution < 1.29 is 9.53 Å². The van der Waals surface area contributed by atoms with Gasteiger partial charge < -0.3 is 15.0 Å². The molecule has 2 heterocycles. The number of fused-ring (bicyclic) bond motifs is 3. The molecule has 0 fully saturated rings. The second kappa shape index (κ2) is 9.73. The first-order valence-electron chi connectivity index (χ1n) is 10.4. The highest BCUT2D eigenvalue weighted by molar-refractivity contribution is 5.78. The van der Waals surface area contributed by atoms with E-state index >= 15 is 0 Å². The molecule has 1 aromatic heterocycles. The quantitative estimate of drug-likeness (QED) is 0.638. The standard InChI is InChI=1S/C22H32N4O2/c1-4-10-25(11-5-2)12-6-9-23-21(27)15-26-22-18(14-24-26)16-28-20-8-7-17(3)13-19(20)22/h7-8,13-14H,4-6,9-12,15-16H2,1-3H3,(H,23,27). The zero-order chi connectivity index (χ0) is 19.9. The van der Waals surface area contributed by atoms with Crippen LogP contribution in [0.3, 0.4) is 0 Å². The Bertz CT molecular complexity index is 794. The van der Waals surface area contributed by atoms with Gasteiger partial charge in [-0.05, 0) is 58.0 Å². The molecule has 6 heteroatoms. The fourth-order valence-corrected chi connectivity index (χ4v) is 3.76. The van der Waals surface area contributed by atoms with E-state index in [-0.39, 0.29) is 12.5 Å². The summed E-state index contributed by atoms with van der Waals surface area (Å²) in [6, 6.07) is 6.13. The maximum absolute atomic E-state index is 12.5. The third-order valence-corrected chi connectivity index (χ3v) is 5.03. The van der Waals surface area contributed by atoms with Crippen LogP contribution in [0.2, 0.25) is 0 Å². The minimum atomic E-state index is 0.00382. The predicted octanol–water partition coefficient (Wildman–Crippen LogP) is 3.38. The minimum absolute atomic E-state index is 0.00382. The summed E-state index contributed by atoms with van der Waals surface area (Å²) in [4.78, 5) is 14.9. The molecule has 0 spiro atoms. The third-order valence-electron chi connectivity index (χ3n) is 5.03. The Morgan fingerprint density at radius 3 is 2.79 bits per heavy atom. The molecule has 1 aliphatic rings. The van der Waals surface area contributed by atoms with Gasteiger partial charge in [0.1, 0.15) is 18.9 Å². The van der Waals surface area contributed by atoms with Gasteiger partial charge in [0, 0.05) is 17.7 Å². The molecule has 0 saturated heterocycles. The van der Waals surface area contributed by atoms with Crippen molar-refractivity contribution in [3.8, 4) is 17.0 Å². The number of aromatic nitrogens is 2. The van der Waals surface area contributed by atoms with Crippen LogP contribution in [-0.4, -0.2) is 46.8 Å². The van der Waals surface area contributed by atoms with Gasteiger partial charge in [0.05, 0.1) is 11.9 Å². The Balaban J connectivity index is 1.56. The SMILES string of the molecule is CCCN(CCC)CCCNC(=O)Cn1ncc2c1-c1cc(C)ccc1OC2. The summed E-state index contributed by atoms with van der Waals surface area (Å²) in [6.07, 6.45) is 5.11. The molecule has 2 aromatic rings. The number of carbonyl (C=O) groups excluding carboxylic acids is 1. The molecule has 3 rings (SSSR count). The lowest BCUT2D eigenvalue weighted by Crippen LogP contribution is -2.33. The Morgan fingerprint density at radius 1 is 1.25 bits per heavy atom. The van der Waals surface area contributed by atoms with Gasteiger partial charge in [0.15, 0.2) is 0 Å².